The zero-order valence-corrected chi connectivity index (χ0v) is 10.6. The summed E-state index contributed by atoms with van der Waals surface area (Å²) in [4.78, 5) is 23.3. The molecule has 0 aliphatic rings. The van der Waals surface area contributed by atoms with Gasteiger partial charge in [0.25, 0.3) is 5.91 Å². The summed E-state index contributed by atoms with van der Waals surface area (Å²) in [6.45, 7) is 3.18. The molecule has 0 spiro atoms. The minimum Gasteiger partial charge on any atom is -0.503 e. The van der Waals surface area contributed by atoms with Crippen molar-refractivity contribution in [3.63, 3.8) is 0 Å². The molecular weight excluding hydrogens is 236 g/mol. The van der Waals surface area contributed by atoms with Crippen LogP contribution in [-0.2, 0) is 11.3 Å². The number of ether oxygens (including phenoxy) is 1. The number of carbonyl (C=O) groups is 1. The molecule has 18 heavy (non-hydrogen) atoms. The van der Waals surface area contributed by atoms with Crippen LogP contribution in [0.3, 0.4) is 0 Å². The first-order valence-electron chi connectivity index (χ1n) is 5.81. The van der Waals surface area contributed by atoms with E-state index in [2.05, 4.69) is 5.32 Å². The molecule has 0 fully saturated rings. The highest BCUT2D eigenvalue weighted by molar-refractivity contribution is 5.95. The summed E-state index contributed by atoms with van der Waals surface area (Å²) in [5, 5.41) is 12.3. The van der Waals surface area contributed by atoms with Gasteiger partial charge >= 0.3 is 0 Å². The van der Waals surface area contributed by atoms with Gasteiger partial charge in [-0.25, -0.2) is 0 Å². The van der Waals surface area contributed by atoms with E-state index in [0.717, 1.165) is 6.42 Å². The van der Waals surface area contributed by atoms with Crippen molar-refractivity contribution in [1.29, 1.82) is 0 Å². The van der Waals surface area contributed by atoms with Crippen molar-refractivity contribution >= 4 is 5.91 Å². The van der Waals surface area contributed by atoms with Crippen LogP contribution in [0.4, 0.5) is 0 Å². The Bertz CT molecular complexity index is 468. The number of aromatic hydroxyl groups is 1. The van der Waals surface area contributed by atoms with E-state index in [9.17, 15) is 14.7 Å². The molecule has 1 rings (SSSR count). The Morgan fingerprint density at radius 2 is 2.28 bits per heavy atom. The lowest BCUT2D eigenvalue weighted by Crippen LogP contribution is -2.29. The molecule has 0 saturated heterocycles. The highest BCUT2D eigenvalue weighted by atomic mass is 16.5. The molecule has 0 unspecified atom stereocenters. The molecule has 1 aromatic heterocycles. The van der Waals surface area contributed by atoms with Crippen molar-refractivity contribution in [2.45, 2.75) is 19.9 Å². The molecule has 1 amide bonds. The number of pyridine rings is 1. The van der Waals surface area contributed by atoms with Crippen LogP contribution in [0.25, 0.3) is 0 Å². The summed E-state index contributed by atoms with van der Waals surface area (Å²) in [6.07, 6.45) is 2.25. The predicted molar refractivity (Wildman–Crippen MR) is 66.9 cm³/mol. The first-order valence-corrected chi connectivity index (χ1v) is 5.81. The van der Waals surface area contributed by atoms with Gasteiger partial charge in [-0.1, -0.05) is 6.92 Å². The number of nitrogens with one attached hydrogen (secondary N) is 1. The second-order valence-electron chi connectivity index (χ2n) is 3.82. The molecule has 0 aliphatic carbocycles. The number of aromatic nitrogens is 1. The number of hydrogen-bond acceptors (Lipinski definition) is 4. The minimum atomic E-state index is -0.565. The normalized spacial score (nSPS) is 10.3. The van der Waals surface area contributed by atoms with Gasteiger partial charge in [0.1, 0.15) is 0 Å². The number of carbonyl (C=O) groups excluding carboxylic acids is 1. The fourth-order valence-electron chi connectivity index (χ4n) is 1.50. The molecule has 6 heteroatoms. The summed E-state index contributed by atoms with van der Waals surface area (Å²) in [6, 6.07) is 1.22. The summed E-state index contributed by atoms with van der Waals surface area (Å²) in [5.41, 5.74) is -0.585. The molecular formula is C12H18N2O4. The van der Waals surface area contributed by atoms with Crippen LogP contribution in [-0.4, -0.2) is 35.8 Å². The van der Waals surface area contributed by atoms with Crippen LogP contribution in [0.2, 0.25) is 0 Å². The molecule has 0 aliphatic heterocycles. The Kier molecular flexibility index (Phi) is 5.38. The third-order valence-electron chi connectivity index (χ3n) is 2.44. The van der Waals surface area contributed by atoms with E-state index in [0.29, 0.717) is 19.7 Å². The summed E-state index contributed by atoms with van der Waals surface area (Å²) in [5.74, 6) is -0.981. The van der Waals surface area contributed by atoms with E-state index >= 15 is 0 Å². The van der Waals surface area contributed by atoms with Crippen LogP contribution in [0, 0.1) is 0 Å². The van der Waals surface area contributed by atoms with Gasteiger partial charge in [-0.3, -0.25) is 9.59 Å². The number of hydrogen-bond donors (Lipinski definition) is 2. The van der Waals surface area contributed by atoms with Gasteiger partial charge < -0.3 is 19.7 Å². The molecule has 100 valence electrons. The molecule has 0 saturated carbocycles. The summed E-state index contributed by atoms with van der Waals surface area (Å²) in [7, 11) is 1.54. The molecule has 0 bridgehead atoms. The molecule has 1 aromatic rings. The SMILES string of the molecule is CCCNC(=O)c1c(O)c(=O)ccn1CCOC. The molecule has 2 N–H and O–H groups in total. The molecule has 6 nitrogen and oxygen atoms in total. The highest BCUT2D eigenvalue weighted by Crippen LogP contribution is 2.11. The zero-order chi connectivity index (χ0) is 13.5. The second kappa shape index (κ2) is 6.80. The van der Waals surface area contributed by atoms with Gasteiger partial charge in [-0.05, 0) is 6.42 Å². The number of methoxy groups -OCH3 is 1. The smallest absolute Gasteiger partial charge is 0.271 e. The van der Waals surface area contributed by atoms with E-state index in [1.165, 1.54) is 16.8 Å². The van der Waals surface area contributed by atoms with Gasteiger partial charge in [0, 0.05) is 32.5 Å². The van der Waals surface area contributed by atoms with Gasteiger partial charge in [-0.15, -0.1) is 0 Å². The minimum absolute atomic E-state index is 0.0204. The molecule has 0 atom stereocenters. The predicted octanol–water partition coefficient (Wildman–Crippen LogP) is 0.340. The van der Waals surface area contributed by atoms with Crippen molar-refractivity contribution in [1.82, 2.24) is 9.88 Å². The molecule has 1 heterocycles. The first-order chi connectivity index (χ1) is 8.61. The lowest BCUT2D eigenvalue weighted by atomic mass is 10.2. The zero-order valence-electron chi connectivity index (χ0n) is 10.6. The number of amides is 1. The first kappa shape index (κ1) is 14.2. The number of rotatable bonds is 6. The lowest BCUT2D eigenvalue weighted by molar-refractivity contribution is 0.0936. The lowest BCUT2D eigenvalue weighted by Gasteiger charge is -2.13. The van der Waals surface area contributed by atoms with E-state index in [1.54, 1.807) is 7.11 Å². The maximum atomic E-state index is 11.9. The summed E-state index contributed by atoms with van der Waals surface area (Å²) < 4.78 is 6.42. The maximum Gasteiger partial charge on any atom is 0.271 e. The molecule has 0 aromatic carbocycles. The van der Waals surface area contributed by atoms with E-state index in [4.69, 9.17) is 4.74 Å². The quantitative estimate of drug-likeness (QED) is 0.767. The van der Waals surface area contributed by atoms with Crippen LogP contribution in [0.1, 0.15) is 23.8 Å². The average molecular weight is 254 g/mol. The molecule has 0 radical (unpaired) electrons. The van der Waals surface area contributed by atoms with Crippen molar-refractivity contribution < 1.29 is 14.6 Å². The largest absolute Gasteiger partial charge is 0.503 e. The van der Waals surface area contributed by atoms with Crippen molar-refractivity contribution in [2.24, 2.45) is 0 Å². The Balaban J connectivity index is 3.07. The van der Waals surface area contributed by atoms with Crippen molar-refractivity contribution in [2.75, 3.05) is 20.3 Å². The highest BCUT2D eigenvalue weighted by Gasteiger charge is 2.17. The van der Waals surface area contributed by atoms with Gasteiger partial charge in [0.05, 0.1) is 6.61 Å². The van der Waals surface area contributed by atoms with Crippen molar-refractivity contribution in [3.05, 3.63) is 28.2 Å². The fraction of sp³-hybridized carbons (Fsp3) is 0.500. The number of nitrogens with zero attached hydrogens (tertiary/aromatic N) is 1. The van der Waals surface area contributed by atoms with Gasteiger partial charge in [0.15, 0.2) is 11.4 Å². The topological polar surface area (TPSA) is 80.6 Å². The van der Waals surface area contributed by atoms with E-state index in [-0.39, 0.29) is 5.69 Å². The van der Waals surface area contributed by atoms with E-state index < -0.39 is 17.1 Å². The van der Waals surface area contributed by atoms with Gasteiger partial charge in [0.2, 0.25) is 5.43 Å². The van der Waals surface area contributed by atoms with Crippen LogP contribution in [0.5, 0.6) is 5.75 Å². The Labute approximate surface area is 105 Å². The summed E-state index contributed by atoms with van der Waals surface area (Å²) >= 11 is 0. The third-order valence-corrected chi connectivity index (χ3v) is 2.44. The van der Waals surface area contributed by atoms with Crippen LogP contribution < -0.4 is 10.7 Å². The second-order valence-corrected chi connectivity index (χ2v) is 3.82. The Hall–Kier alpha value is -1.82. The average Bonchev–Trinajstić information content (AvgIpc) is 2.37. The third kappa shape index (κ3) is 3.33. The maximum absolute atomic E-state index is 11.9. The fourth-order valence-corrected chi connectivity index (χ4v) is 1.50. The monoisotopic (exact) mass is 254 g/mol. The Morgan fingerprint density at radius 3 is 2.89 bits per heavy atom. The van der Waals surface area contributed by atoms with E-state index in [1.807, 2.05) is 6.92 Å². The standard InChI is InChI=1S/C12H18N2O4/c1-3-5-13-12(17)10-11(16)9(15)4-6-14(10)7-8-18-2/h4,6,16H,3,5,7-8H2,1-2H3,(H,13,17). The van der Waals surface area contributed by atoms with Crippen LogP contribution >= 0.6 is 0 Å². The Morgan fingerprint density at radius 1 is 1.56 bits per heavy atom. The van der Waals surface area contributed by atoms with Crippen molar-refractivity contribution in [3.8, 4) is 5.75 Å². The van der Waals surface area contributed by atoms with Crippen LogP contribution in [0.15, 0.2) is 17.1 Å². The van der Waals surface area contributed by atoms with Gasteiger partial charge in [-0.2, -0.15) is 0 Å².